The number of amides is 1. The van der Waals surface area contributed by atoms with Gasteiger partial charge in [0.1, 0.15) is 0 Å². The molecule has 136 valence electrons. The Labute approximate surface area is 158 Å². The predicted molar refractivity (Wildman–Crippen MR) is 108 cm³/mol. The molecule has 0 saturated carbocycles. The van der Waals surface area contributed by atoms with Crippen molar-refractivity contribution >= 4 is 39.0 Å². The van der Waals surface area contributed by atoms with Crippen molar-refractivity contribution in [3.05, 3.63) is 78.0 Å². The summed E-state index contributed by atoms with van der Waals surface area (Å²) >= 11 is 1.53. The maximum absolute atomic E-state index is 12.6. The van der Waals surface area contributed by atoms with Gasteiger partial charge in [-0.2, -0.15) is 4.31 Å². The van der Waals surface area contributed by atoms with Gasteiger partial charge in [0.05, 0.1) is 4.90 Å². The fraction of sp³-hybridized carbons (Fsp3) is 0.105. The molecule has 2 rings (SSSR count). The maximum Gasteiger partial charge on any atom is 0.248 e. The van der Waals surface area contributed by atoms with Crippen LogP contribution >= 0.6 is 11.3 Å². The van der Waals surface area contributed by atoms with Crippen LogP contribution in [0, 0.1) is 0 Å². The number of nitrogens with one attached hydrogen (secondary N) is 1. The molecule has 0 spiro atoms. The normalized spacial score (nSPS) is 11.6. The first kappa shape index (κ1) is 19.8. The molecule has 1 aromatic heterocycles. The highest BCUT2D eigenvalue weighted by atomic mass is 32.2. The molecule has 7 heteroatoms. The first-order valence-electron chi connectivity index (χ1n) is 7.82. The molecule has 1 heterocycles. The van der Waals surface area contributed by atoms with Crippen LogP contribution in [-0.2, 0) is 14.8 Å². The molecule has 0 radical (unpaired) electrons. The Kier molecular flexibility index (Phi) is 7.08. The number of sulfonamides is 1. The Balaban J connectivity index is 2.08. The summed E-state index contributed by atoms with van der Waals surface area (Å²) in [6, 6.07) is 9.86. The topological polar surface area (TPSA) is 66.5 Å². The van der Waals surface area contributed by atoms with Crippen LogP contribution in [-0.4, -0.2) is 31.7 Å². The average molecular weight is 389 g/mol. The van der Waals surface area contributed by atoms with E-state index >= 15 is 0 Å². The van der Waals surface area contributed by atoms with Crippen molar-refractivity contribution in [3.8, 4) is 0 Å². The molecule has 1 aromatic carbocycles. The fourth-order valence-corrected chi connectivity index (χ4v) is 4.15. The van der Waals surface area contributed by atoms with Gasteiger partial charge in [-0.05, 0) is 41.8 Å². The van der Waals surface area contributed by atoms with Crippen molar-refractivity contribution in [2.45, 2.75) is 4.90 Å². The van der Waals surface area contributed by atoms with Crippen LogP contribution in [0.3, 0.4) is 0 Å². The number of thiophene rings is 1. The molecular formula is C19H20N2O3S2. The van der Waals surface area contributed by atoms with Crippen LogP contribution in [0.5, 0.6) is 0 Å². The van der Waals surface area contributed by atoms with E-state index in [2.05, 4.69) is 18.5 Å². The molecule has 0 saturated heterocycles. The molecular weight excluding hydrogens is 368 g/mol. The summed E-state index contributed by atoms with van der Waals surface area (Å²) in [6.07, 6.45) is 6.21. The van der Waals surface area contributed by atoms with Crippen molar-refractivity contribution in [3.63, 3.8) is 0 Å². The number of carbonyl (C=O) groups is 1. The van der Waals surface area contributed by atoms with Gasteiger partial charge in [-0.3, -0.25) is 4.79 Å². The van der Waals surface area contributed by atoms with Gasteiger partial charge in [0.25, 0.3) is 0 Å². The zero-order valence-electron chi connectivity index (χ0n) is 14.2. The molecule has 1 amide bonds. The third-order valence-electron chi connectivity index (χ3n) is 3.37. The van der Waals surface area contributed by atoms with Gasteiger partial charge in [-0.25, -0.2) is 8.42 Å². The lowest BCUT2D eigenvalue weighted by molar-refractivity contribution is -0.111. The van der Waals surface area contributed by atoms with Crippen molar-refractivity contribution < 1.29 is 13.2 Å². The summed E-state index contributed by atoms with van der Waals surface area (Å²) in [4.78, 5) is 13.1. The molecule has 0 fully saturated rings. The van der Waals surface area contributed by atoms with E-state index in [1.165, 1.54) is 46.0 Å². The number of hydrogen-bond donors (Lipinski definition) is 1. The Morgan fingerprint density at radius 2 is 1.77 bits per heavy atom. The van der Waals surface area contributed by atoms with Crippen LogP contribution in [0.25, 0.3) is 6.08 Å². The fourth-order valence-electron chi connectivity index (χ4n) is 2.15. The number of benzene rings is 1. The number of carbonyl (C=O) groups excluding carboxylic acids is 1. The highest BCUT2D eigenvalue weighted by molar-refractivity contribution is 7.89. The standard InChI is InChI=1S/C19H20N2O3S2/c1-3-13-21(14-4-2)26(23,24)18-10-7-16(8-11-18)20-19(22)12-9-17-6-5-15-25-17/h3-12,15H,1-2,13-14H2,(H,20,22). The first-order chi connectivity index (χ1) is 12.5. The van der Waals surface area contributed by atoms with E-state index in [0.29, 0.717) is 5.69 Å². The highest BCUT2D eigenvalue weighted by Gasteiger charge is 2.22. The molecule has 0 aliphatic heterocycles. The third kappa shape index (κ3) is 5.26. The summed E-state index contributed by atoms with van der Waals surface area (Å²) in [5.74, 6) is -0.283. The van der Waals surface area contributed by atoms with Crippen LogP contribution in [0.4, 0.5) is 5.69 Å². The minimum absolute atomic E-state index is 0.147. The van der Waals surface area contributed by atoms with Gasteiger partial charge in [0, 0.05) is 29.7 Å². The maximum atomic E-state index is 12.6. The minimum atomic E-state index is -3.64. The van der Waals surface area contributed by atoms with Crippen LogP contribution in [0.1, 0.15) is 4.88 Å². The molecule has 0 bridgehead atoms. The van der Waals surface area contributed by atoms with Crippen LogP contribution in [0.15, 0.2) is 78.1 Å². The Morgan fingerprint density at radius 1 is 1.12 bits per heavy atom. The summed E-state index contributed by atoms with van der Waals surface area (Å²) in [5, 5.41) is 4.63. The van der Waals surface area contributed by atoms with Gasteiger partial charge in [-0.1, -0.05) is 18.2 Å². The second kappa shape index (κ2) is 9.28. The van der Waals surface area contributed by atoms with Crippen LogP contribution in [0.2, 0.25) is 0 Å². The average Bonchev–Trinajstić information content (AvgIpc) is 3.14. The van der Waals surface area contributed by atoms with Crippen molar-refractivity contribution in [2.75, 3.05) is 18.4 Å². The lowest BCUT2D eigenvalue weighted by Crippen LogP contribution is -2.31. The van der Waals surface area contributed by atoms with E-state index in [4.69, 9.17) is 0 Å². The molecule has 2 aromatic rings. The number of hydrogen-bond acceptors (Lipinski definition) is 4. The smallest absolute Gasteiger partial charge is 0.248 e. The zero-order chi connectivity index (χ0) is 19.0. The zero-order valence-corrected chi connectivity index (χ0v) is 15.8. The van der Waals surface area contributed by atoms with Gasteiger partial charge in [0.15, 0.2) is 0 Å². The van der Waals surface area contributed by atoms with Gasteiger partial charge < -0.3 is 5.32 Å². The van der Waals surface area contributed by atoms with E-state index in [0.717, 1.165) is 4.88 Å². The van der Waals surface area contributed by atoms with E-state index in [-0.39, 0.29) is 23.9 Å². The second-order valence-electron chi connectivity index (χ2n) is 5.26. The highest BCUT2D eigenvalue weighted by Crippen LogP contribution is 2.19. The number of anilines is 1. The van der Waals surface area contributed by atoms with Crippen molar-refractivity contribution in [2.24, 2.45) is 0 Å². The van der Waals surface area contributed by atoms with Gasteiger partial charge >= 0.3 is 0 Å². The first-order valence-corrected chi connectivity index (χ1v) is 10.1. The second-order valence-corrected chi connectivity index (χ2v) is 8.18. The van der Waals surface area contributed by atoms with E-state index in [9.17, 15) is 13.2 Å². The van der Waals surface area contributed by atoms with E-state index < -0.39 is 10.0 Å². The number of nitrogens with zero attached hydrogens (tertiary/aromatic N) is 1. The largest absolute Gasteiger partial charge is 0.323 e. The Hall–Kier alpha value is -2.48. The van der Waals surface area contributed by atoms with Gasteiger partial charge in [0.2, 0.25) is 15.9 Å². The summed E-state index contributed by atoms with van der Waals surface area (Å²) < 4.78 is 26.5. The Morgan fingerprint density at radius 3 is 2.31 bits per heavy atom. The number of rotatable bonds is 9. The molecule has 26 heavy (non-hydrogen) atoms. The molecule has 0 aliphatic rings. The van der Waals surface area contributed by atoms with Crippen molar-refractivity contribution in [1.29, 1.82) is 0 Å². The third-order valence-corrected chi connectivity index (χ3v) is 6.05. The van der Waals surface area contributed by atoms with Gasteiger partial charge in [-0.15, -0.1) is 24.5 Å². The Bertz CT molecular complexity index is 873. The molecule has 5 nitrogen and oxygen atoms in total. The quantitative estimate of drug-likeness (QED) is 0.525. The van der Waals surface area contributed by atoms with Crippen LogP contribution < -0.4 is 5.32 Å². The van der Waals surface area contributed by atoms with E-state index in [1.54, 1.807) is 18.2 Å². The lowest BCUT2D eigenvalue weighted by Gasteiger charge is -2.19. The molecule has 0 unspecified atom stereocenters. The molecule has 1 N–H and O–H groups in total. The summed E-state index contributed by atoms with van der Waals surface area (Å²) in [6.45, 7) is 7.55. The SMILES string of the molecule is C=CCN(CC=C)S(=O)(=O)c1ccc(NC(=O)C=Cc2cccs2)cc1. The lowest BCUT2D eigenvalue weighted by atomic mass is 10.3. The monoisotopic (exact) mass is 388 g/mol. The summed E-state index contributed by atoms with van der Waals surface area (Å²) in [7, 11) is -3.64. The summed E-state index contributed by atoms with van der Waals surface area (Å²) in [5.41, 5.74) is 0.517. The van der Waals surface area contributed by atoms with E-state index in [1.807, 2.05) is 17.5 Å². The predicted octanol–water partition coefficient (Wildman–Crippen LogP) is 3.76. The molecule has 0 atom stereocenters. The van der Waals surface area contributed by atoms with Crippen molar-refractivity contribution in [1.82, 2.24) is 4.31 Å². The molecule has 0 aliphatic carbocycles. The minimum Gasteiger partial charge on any atom is -0.323 e.